The SMILES string of the molecule is Cc1cccc(CN/C=C\C(=N)N)c1. The van der Waals surface area contributed by atoms with Crippen LogP contribution in [0.25, 0.3) is 0 Å². The Balaban J connectivity index is 2.42. The van der Waals surface area contributed by atoms with E-state index in [1.807, 2.05) is 6.07 Å². The van der Waals surface area contributed by atoms with Crippen LogP contribution in [-0.2, 0) is 6.54 Å². The molecule has 0 aliphatic carbocycles. The Morgan fingerprint density at radius 2 is 2.36 bits per heavy atom. The number of hydrogen-bond acceptors (Lipinski definition) is 2. The van der Waals surface area contributed by atoms with Crippen LogP contribution < -0.4 is 11.1 Å². The molecule has 14 heavy (non-hydrogen) atoms. The predicted octanol–water partition coefficient (Wildman–Crippen LogP) is 1.53. The topological polar surface area (TPSA) is 61.9 Å². The molecule has 0 aliphatic rings. The number of nitrogens with one attached hydrogen (secondary N) is 2. The third kappa shape index (κ3) is 3.76. The van der Waals surface area contributed by atoms with E-state index in [2.05, 4.69) is 30.4 Å². The quantitative estimate of drug-likeness (QED) is 0.497. The fourth-order valence-corrected chi connectivity index (χ4v) is 1.15. The normalized spacial score (nSPS) is 10.4. The van der Waals surface area contributed by atoms with E-state index in [-0.39, 0.29) is 5.84 Å². The van der Waals surface area contributed by atoms with Crippen LogP contribution in [-0.4, -0.2) is 5.84 Å². The van der Waals surface area contributed by atoms with Crippen molar-refractivity contribution in [2.24, 2.45) is 5.73 Å². The van der Waals surface area contributed by atoms with Gasteiger partial charge >= 0.3 is 0 Å². The maximum Gasteiger partial charge on any atom is 0.116 e. The molecule has 4 N–H and O–H groups in total. The minimum atomic E-state index is 0.0572. The highest BCUT2D eigenvalue weighted by atomic mass is 14.8. The highest BCUT2D eigenvalue weighted by Gasteiger charge is 1.89. The molecular weight excluding hydrogens is 174 g/mol. The zero-order valence-corrected chi connectivity index (χ0v) is 8.25. The van der Waals surface area contributed by atoms with E-state index in [0.717, 1.165) is 6.54 Å². The maximum absolute atomic E-state index is 6.96. The molecule has 1 aromatic carbocycles. The molecule has 0 atom stereocenters. The van der Waals surface area contributed by atoms with Crippen molar-refractivity contribution in [1.82, 2.24) is 5.32 Å². The molecular formula is C11H15N3. The first-order valence-electron chi connectivity index (χ1n) is 4.48. The summed E-state index contributed by atoms with van der Waals surface area (Å²) in [6, 6.07) is 8.27. The summed E-state index contributed by atoms with van der Waals surface area (Å²) in [7, 11) is 0. The van der Waals surface area contributed by atoms with Gasteiger partial charge in [0.05, 0.1) is 0 Å². The first kappa shape index (κ1) is 10.3. The summed E-state index contributed by atoms with van der Waals surface area (Å²) in [5.41, 5.74) is 7.62. The van der Waals surface area contributed by atoms with Crippen molar-refractivity contribution >= 4 is 5.84 Å². The molecule has 0 saturated heterocycles. The first-order valence-corrected chi connectivity index (χ1v) is 4.48. The molecule has 0 aliphatic heterocycles. The summed E-state index contributed by atoms with van der Waals surface area (Å²) in [6.07, 6.45) is 3.21. The maximum atomic E-state index is 6.96. The molecule has 1 aromatic rings. The molecule has 0 aromatic heterocycles. The summed E-state index contributed by atoms with van der Waals surface area (Å²) in [4.78, 5) is 0. The number of hydrogen-bond donors (Lipinski definition) is 3. The van der Waals surface area contributed by atoms with Gasteiger partial charge in [-0.25, -0.2) is 0 Å². The van der Waals surface area contributed by atoms with E-state index in [1.165, 1.54) is 17.2 Å². The van der Waals surface area contributed by atoms with Crippen LogP contribution in [0.5, 0.6) is 0 Å². The summed E-state index contributed by atoms with van der Waals surface area (Å²) in [5.74, 6) is 0.0572. The van der Waals surface area contributed by atoms with Crippen LogP contribution in [0.1, 0.15) is 11.1 Å². The predicted molar refractivity (Wildman–Crippen MR) is 59.1 cm³/mol. The van der Waals surface area contributed by atoms with Gasteiger partial charge in [0, 0.05) is 12.7 Å². The fourth-order valence-electron chi connectivity index (χ4n) is 1.15. The van der Waals surface area contributed by atoms with Crippen LogP contribution in [0, 0.1) is 12.3 Å². The molecule has 74 valence electrons. The molecule has 1 rings (SSSR count). The summed E-state index contributed by atoms with van der Waals surface area (Å²) < 4.78 is 0. The Morgan fingerprint density at radius 1 is 1.57 bits per heavy atom. The van der Waals surface area contributed by atoms with Gasteiger partial charge < -0.3 is 11.1 Å². The number of nitrogens with two attached hydrogens (primary N) is 1. The Labute approximate surface area is 84.1 Å². The highest BCUT2D eigenvalue weighted by Crippen LogP contribution is 2.02. The second kappa shape index (κ2) is 5.07. The average Bonchev–Trinajstić information content (AvgIpc) is 2.12. The third-order valence-corrected chi connectivity index (χ3v) is 1.77. The van der Waals surface area contributed by atoms with Crippen LogP contribution in [0.3, 0.4) is 0 Å². The van der Waals surface area contributed by atoms with E-state index >= 15 is 0 Å². The Bertz CT molecular complexity index is 342. The second-order valence-corrected chi connectivity index (χ2v) is 3.16. The summed E-state index contributed by atoms with van der Waals surface area (Å²) >= 11 is 0. The number of rotatable bonds is 4. The fraction of sp³-hybridized carbons (Fsp3) is 0.182. The standard InChI is InChI=1S/C11H15N3/c1-9-3-2-4-10(7-9)8-14-6-5-11(12)13/h2-7,14H,8H2,1H3,(H3,12,13)/b6-5-. The molecule has 0 radical (unpaired) electrons. The lowest BCUT2D eigenvalue weighted by atomic mass is 10.1. The van der Waals surface area contributed by atoms with Gasteiger partial charge in [0.1, 0.15) is 5.84 Å². The van der Waals surface area contributed by atoms with E-state index in [4.69, 9.17) is 11.1 Å². The molecule has 0 heterocycles. The minimum Gasteiger partial charge on any atom is -0.387 e. The third-order valence-electron chi connectivity index (χ3n) is 1.77. The van der Waals surface area contributed by atoms with Crippen molar-refractivity contribution in [2.45, 2.75) is 13.5 Å². The number of aryl methyl sites for hydroxylation is 1. The van der Waals surface area contributed by atoms with Crippen LogP contribution in [0.15, 0.2) is 36.5 Å². The van der Waals surface area contributed by atoms with Gasteiger partial charge in [0.15, 0.2) is 0 Å². The smallest absolute Gasteiger partial charge is 0.116 e. The van der Waals surface area contributed by atoms with Crippen molar-refractivity contribution in [3.8, 4) is 0 Å². The van der Waals surface area contributed by atoms with E-state index < -0.39 is 0 Å². The zero-order chi connectivity index (χ0) is 10.4. The van der Waals surface area contributed by atoms with Crippen molar-refractivity contribution < 1.29 is 0 Å². The van der Waals surface area contributed by atoms with Crippen molar-refractivity contribution in [3.05, 3.63) is 47.7 Å². The van der Waals surface area contributed by atoms with Crippen molar-refractivity contribution in [2.75, 3.05) is 0 Å². The van der Waals surface area contributed by atoms with Gasteiger partial charge in [-0.2, -0.15) is 0 Å². The van der Waals surface area contributed by atoms with E-state index in [1.54, 1.807) is 6.20 Å². The summed E-state index contributed by atoms with van der Waals surface area (Å²) in [5, 5.41) is 10.0. The largest absolute Gasteiger partial charge is 0.387 e. The molecule has 0 bridgehead atoms. The molecule has 0 spiro atoms. The van der Waals surface area contributed by atoms with Gasteiger partial charge in [0.25, 0.3) is 0 Å². The Morgan fingerprint density at radius 3 is 3.00 bits per heavy atom. The Kier molecular flexibility index (Phi) is 3.73. The highest BCUT2D eigenvalue weighted by molar-refractivity contribution is 5.88. The number of benzene rings is 1. The molecule has 0 amide bonds. The van der Waals surface area contributed by atoms with Gasteiger partial charge in [-0.1, -0.05) is 29.8 Å². The number of amidine groups is 1. The van der Waals surface area contributed by atoms with Crippen LogP contribution in [0.4, 0.5) is 0 Å². The van der Waals surface area contributed by atoms with Gasteiger partial charge in [-0.05, 0) is 18.6 Å². The minimum absolute atomic E-state index is 0.0572. The van der Waals surface area contributed by atoms with E-state index in [0.29, 0.717) is 0 Å². The second-order valence-electron chi connectivity index (χ2n) is 3.16. The zero-order valence-electron chi connectivity index (χ0n) is 8.25. The molecule has 0 unspecified atom stereocenters. The average molecular weight is 189 g/mol. The van der Waals surface area contributed by atoms with Gasteiger partial charge in [-0.3, -0.25) is 5.41 Å². The molecule has 0 saturated carbocycles. The van der Waals surface area contributed by atoms with E-state index in [9.17, 15) is 0 Å². The van der Waals surface area contributed by atoms with Gasteiger partial charge in [-0.15, -0.1) is 0 Å². The van der Waals surface area contributed by atoms with Crippen molar-refractivity contribution in [3.63, 3.8) is 0 Å². The van der Waals surface area contributed by atoms with Gasteiger partial charge in [0.2, 0.25) is 0 Å². The lowest BCUT2D eigenvalue weighted by Crippen LogP contribution is -2.09. The monoisotopic (exact) mass is 189 g/mol. The first-order chi connectivity index (χ1) is 6.68. The molecule has 3 heteroatoms. The lowest BCUT2D eigenvalue weighted by molar-refractivity contribution is 0.869. The lowest BCUT2D eigenvalue weighted by Gasteiger charge is -2.01. The molecule has 3 nitrogen and oxygen atoms in total. The van der Waals surface area contributed by atoms with Crippen LogP contribution >= 0.6 is 0 Å². The van der Waals surface area contributed by atoms with Crippen LogP contribution in [0.2, 0.25) is 0 Å². The molecule has 0 fully saturated rings. The van der Waals surface area contributed by atoms with Crippen molar-refractivity contribution in [1.29, 1.82) is 5.41 Å². The Hall–Kier alpha value is -1.77. The summed E-state index contributed by atoms with van der Waals surface area (Å²) in [6.45, 7) is 2.82.